The summed E-state index contributed by atoms with van der Waals surface area (Å²) in [6.07, 6.45) is 6.52. The minimum absolute atomic E-state index is 0.131. The quantitative estimate of drug-likeness (QED) is 0.131. The summed E-state index contributed by atoms with van der Waals surface area (Å²) in [6, 6.07) is 6.39. The Balaban J connectivity index is 1.81. The van der Waals surface area contributed by atoms with Crippen LogP contribution in [0.4, 0.5) is 0 Å². The molecule has 1 aromatic heterocycles. The Bertz CT molecular complexity index is 1370. The van der Waals surface area contributed by atoms with Crippen molar-refractivity contribution in [1.29, 1.82) is 0 Å². The molecule has 11 nitrogen and oxygen atoms in total. The van der Waals surface area contributed by atoms with Crippen LogP contribution in [0.25, 0.3) is 21.6 Å². The number of ether oxygens (including phenoxy) is 1. The standard InChI is InChI=1S/C29H40N6O5/c1-5-18-40-26(37)23(32-27(38)29(14-6-7-15-29)16-8-9-17-31-33-30)19-21-10-12-22(13-11-21)24-20(2)34(3)28(39)35(4)25(24)36/h10-13,23H,5-9,14-19H2,1-4H3,(H,32,38)/t23-/m0/s1. The second-order valence-electron chi connectivity index (χ2n) is 10.7. The number of carbonyl (C=O) groups is 2. The van der Waals surface area contributed by atoms with Crippen molar-refractivity contribution in [2.75, 3.05) is 13.2 Å². The number of aromatic nitrogens is 2. The van der Waals surface area contributed by atoms with Gasteiger partial charge in [-0.15, -0.1) is 0 Å². The molecule has 1 aliphatic carbocycles. The fourth-order valence-electron chi connectivity index (χ4n) is 5.46. The summed E-state index contributed by atoms with van der Waals surface area (Å²) in [7, 11) is 3.08. The highest BCUT2D eigenvalue weighted by atomic mass is 16.5. The van der Waals surface area contributed by atoms with Gasteiger partial charge in [-0.1, -0.05) is 55.6 Å². The van der Waals surface area contributed by atoms with Gasteiger partial charge in [0.2, 0.25) is 5.91 Å². The summed E-state index contributed by atoms with van der Waals surface area (Å²) in [4.78, 5) is 54.5. The molecule has 40 heavy (non-hydrogen) atoms. The number of amides is 1. The molecule has 2 aromatic rings. The molecule has 216 valence electrons. The predicted octanol–water partition coefficient (Wildman–Crippen LogP) is 4.08. The number of esters is 1. The van der Waals surface area contributed by atoms with Crippen LogP contribution >= 0.6 is 0 Å². The van der Waals surface area contributed by atoms with E-state index >= 15 is 0 Å². The average Bonchev–Trinajstić information content (AvgIpc) is 3.44. The van der Waals surface area contributed by atoms with Crippen molar-refractivity contribution in [2.45, 2.75) is 77.7 Å². The van der Waals surface area contributed by atoms with Crippen LogP contribution in [-0.2, 0) is 34.8 Å². The van der Waals surface area contributed by atoms with Gasteiger partial charge in [-0.05, 0) is 55.7 Å². The maximum Gasteiger partial charge on any atom is 0.330 e. The molecule has 1 saturated carbocycles. The number of benzene rings is 1. The van der Waals surface area contributed by atoms with Crippen LogP contribution in [0.3, 0.4) is 0 Å². The van der Waals surface area contributed by atoms with Crippen molar-refractivity contribution in [3.63, 3.8) is 0 Å². The third kappa shape index (κ3) is 7.01. The van der Waals surface area contributed by atoms with Gasteiger partial charge in [-0.3, -0.25) is 14.2 Å². The lowest BCUT2D eigenvalue weighted by molar-refractivity contribution is -0.149. The second kappa shape index (κ2) is 14.0. The largest absolute Gasteiger partial charge is 0.464 e. The SMILES string of the molecule is CCCOC(=O)[C@H](Cc1ccc(-c2c(C)n(C)c(=O)n(C)c2=O)cc1)NC(=O)C1(CCCCN=[N+]=[N-])CCCC1. The number of carbonyl (C=O) groups excluding carboxylic acids is 2. The van der Waals surface area contributed by atoms with E-state index in [9.17, 15) is 19.2 Å². The number of azide groups is 1. The number of hydrogen-bond acceptors (Lipinski definition) is 6. The Labute approximate surface area is 234 Å². The summed E-state index contributed by atoms with van der Waals surface area (Å²) < 4.78 is 7.96. The summed E-state index contributed by atoms with van der Waals surface area (Å²) >= 11 is 0. The molecule has 1 amide bonds. The summed E-state index contributed by atoms with van der Waals surface area (Å²) in [6.45, 7) is 4.32. The third-order valence-corrected chi connectivity index (χ3v) is 7.95. The predicted molar refractivity (Wildman–Crippen MR) is 153 cm³/mol. The molecule has 1 aromatic carbocycles. The molecular formula is C29H40N6O5. The number of hydrogen-bond donors (Lipinski definition) is 1. The maximum absolute atomic E-state index is 13.6. The second-order valence-corrected chi connectivity index (χ2v) is 10.7. The minimum Gasteiger partial charge on any atom is -0.464 e. The molecule has 0 aliphatic heterocycles. The third-order valence-electron chi connectivity index (χ3n) is 7.95. The number of nitrogens with zero attached hydrogens (tertiary/aromatic N) is 5. The van der Waals surface area contributed by atoms with Crippen molar-refractivity contribution in [1.82, 2.24) is 14.5 Å². The Morgan fingerprint density at radius 3 is 2.42 bits per heavy atom. The van der Waals surface area contributed by atoms with Crippen molar-refractivity contribution >= 4 is 11.9 Å². The molecular weight excluding hydrogens is 512 g/mol. The minimum atomic E-state index is -0.849. The van der Waals surface area contributed by atoms with Crippen LogP contribution in [0, 0.1) is 12.3 Å². The van der Waals surface area contributed by atoms with Crippen LogP contribution in [0.2, 0.25) is 0 Å². The first-order valence-electron chi connectivity index (χ1n) is 14.0. The highest BCUT2D eigenvalue weighted by Gasteiger charge is 2.42. The van der Waals surface area contributed by atoms with Crippen LogP contribution in [0.1, 0.15) is 69.5 Å². The van der Waals surface area contributed by atoms with E-state index in [1.807, 2.05) is 19.1 Å². The van der Waals surface area contributed by atoms with E-state index in [2.05, 4.69) is 15.3 Å². The van der Waals surface area contributed by atoms with Gasteiger partial charge < -0.3 is 14.6 Å². The molecule has 0 spiro atoms. The molecule has 0 bridgehead atoms. The van der Waals surface area contributed by atoms with Crippen molar-refractivity contribution in [2.24, 2.45) is 24.6 Å². The van der Waals surface area contributed by atoms with Gasteiger partial charge in [0.1, 0.15) is 6.04 Å². The maximum atomic E-state index is 13.6. The lowest BCUT2D eigenvalue weighted by Crippen LogP contribution is -2.49. The molecule has 1 fully saturated rings. The smallest absolute Gasteiger partial charge is 0.330 e. The molecule has 1 N–H and O–H groups in total. The van der Waals surface area contributed by atoms with Crippen molar-refractivity contribution < 1.29 is 14.3 Å². The van der Waals surface area contributed by atoms with Crippen molar-refractivity contribution in [3.05, 3.63) is 66.8 Å². The highest BCUT2D eigenvalue weighted by molar-refractivity contribution is 5.88. The summed E-state index contributed by atoms with van der Waals surface area (Å²) in [5.41, 5.74) is 9.68. The zero-order chi connectivity index (χ0) is 29.3. The normalized spacial score (nSPS) is 14.8. The van der Waals surface area contributed by atoms with E-state index in [1.165, 1.54) is 11.6 Å². The van der Waals surface area contributed by atoms with E-state index in [0.717, 1.165) is 42.2 Å². The summed E-state index contributed by atoms with van der Waals surface area (Å²) in [5.74, 6) is -0.605. The lowest BCUT2D eigenvalue weighted by atomic mass is 9.79. The topological polar surface area (TPSA) is 148 Å². The molecule has 11 heteroatoms. The zero-order valence-corrected chi connectivity index (χ0v) is 23.9. The van der Waals surface area contributed by atoms with Gasteiger partial charge in [-0.2, -0.15) is 0 Å². The van der Waals surface area contributed by atoms with Crippen LogP contribution in [0.5, 0.6) is 0 Å². The molecule has 0 unspecified atom stereocenters. The monoisotopic (exact) mass is 552 g/mol. The first-order chi connectivity index (χ1) is 19.1. The molecule has 1 heterocycles. The van der Waals surface area contributed by atoms with Crippen LogP contribution in [-0.4, -0.2) is 40.2 Å². The van der Waals surface area contributed by atoms with E-state index in [0.29, 0.717) is 42.6 Å². The fraction of sp³-hybridized carbons (Fsp3) is 0.586. The van der Waals surface area contributed by atoms with Crippen LogP contribution < -0.4 is 16.6 Å². The fourth-order valence-corrected chi connectivity index (χ4v) is 5.46. The van der Waals surface area contributed by atoms with E-state index in [-0.39, 0.29) is 30.2 Å². The molecule has 1 aliphatic rings. The average molecular weight is 553 g/mol. The highest BCUT2D eigenvalue weighted by Crippen LogP contribution is 2.42. The Hall–Kier alpha value is -3.85. The number of nitrogens with one attached hydrogen (secondary N) is 1. The molecule has 0 radical (unpaired) electrons. The van der Waals surface area contributed by atoms with Gasteiger partial charge >= 0.3 is 11.7 Å². The Morgan fingerprint density at radius 2 is 1.80 bits per heavy atom. The first kappa shape index (κ1) is 30.7. The lowest BCUT2D eigenvalue weighted by Gasteiger charge is -2.30. The van der Waals surface area contributed by atoms with E-state index in [4.69, 9.17) is 10.3 Å². The number of unbranched alkanes of at least 4 members (excludes halogenated alkanes) is 1. The molecule has 1 atom stereocenters. The van der Waals surface area contributed by atoms with E-state index < -0.39 is 17.4 Å². The van der Waals surface area contributed by atoms with Crippen molar-refractivity contribution in [3.8, 4) is 11.1 Å². The van der Waals surface area contributed by atoms with Gasteiger partial charge in [0.15, 0.2) is 0 Å². The molecule has 0 saturated heterocycles. The van der Waals surface area contributed by atoms with Gasteiger partial charge in [0, 0.05) is 43.1 Å². The molecule has 3 rings (SSSR count). The van der Waals surface area contributed by atoms with Gasteiger partial charge in [-0.25, -0.2) is 9.59 Å². The van der Waals surface area contributed by atoms with E-state index in [1.54, 1.807) is 26.1 Å². The first-order valence-corrected chi connectivity index (χ1v) is 14.0. The summed E-state index contributed by atoms with van der Waals surface area (Å²) in [5, 5.41) is 6.59. The zero-order valence-electron chi connectivity index (χ0n) is 23.9. The number of rotatable bonds is 13. The van der Waals surface area contributed by atoms with Gasteiger partial charge in [0.05, 0.1) is 12.2 Å². The van der Waals surface area contributed by atoms with Crippen LogP contribution in [0.15, 0.2) is 39.0 Å². The Morgan fingerprint density at radius 1 is 1.12 bits per heavy atom. The van der Waals surface area contributed by atoms with Gasteiger partial charge in [0.25, 0.3) is 5.56 Å². The Kier molecular flexibility index (Phi) is 10.7.